The van der Waals surface area contributed by atoms with Crippen LogP contribution in [0.25, 0.3) is 10.4 Å². The number of aromatic nitrogens is 1. The largest absolute Gasteiger partial charge is 0.319 e. The molecular formula is C14H18N2S. The number of nitrogens with zero attached hydrogens (tertiary/aromatic N) is 1. The molecule has 0 fully saturated rings. The van der Waals surface area contributed by atoms with E-state index in [1.807, 2.05) is 7.05 Å². The Balaban J connectivity index is 2.41. The van der Waals surface area contributed by atoms with E-state index < -0.39 is 0 Å². The van der Waals surface area contributed by atoms with E-state index in [0.29, 0.717) is 0 Å². The van der Waals surface area contributed by atoms with Crippen LogP contribution >= 0.6 is 11.3 Å². The first-order chi connectivity index (χ1) is 8.22. The molecule has 1 heterocycles. The molecule has 0 aliphatic rings. The molecule has 0 atom stereocenters. The van der Waals surface area contributed by atoms with Crippen LogP contribution in [0.4, 0.5) is 0 Å². The lowest BCUT2D eigenvalue weighted by Crippen LogP contribution is -2.11. The predicted octanol–water partition coefficient (Wildman–Crippen LogP) is 3.19. The van der Waals surface area contributed by atoms with Crippen LogP contribution in [0.15, 0.2) is 24.3 Å². The lowest BCUT2D eigenvalue weighted by molar-refractivity contribution is 0.779. The molecular weight excluding hydrogens is 228 g/mol. The van der Waals surface area contributed by atoms with E-state index in [-0.39, 0.29) is 0 Å². The van der Waals surface area contributed by atoms with Gasteiger partial charge in [0.05, 0.1) is 15.6 Å². The van der Waals surface area contributed by atoms with Crippen LogP contribution in [-0.2, 0) is 6.42 Å². The first-order valence-electron chi connectivity index (χ1n) is 5.89. The summed E-state index contributed by atoms with van der Waals surface area (Å²) in [5.41, 5.74) is 3.86. The minimum atomic E-state index is 0.974. The SMILES string of the molecule is CNCCc1nc(C)sc1-c1ccccc1C. The number of rotatable bonds is 4. The molecule has 0 bridgehead atoms. The van der Waals surface area contributed by atoms with Gasteiger partial charge in [0.15, 0.2) is 0 Å². The van der Waals surface area contributed by atoms with Crippen molar-refractivity contribution >= 4 is 11.3 Å². The standard InChI is InChI=1S/C14H18N2S/c1-10-6-4-5-7-12(10)14-13(8-9-15-3)16-11(2)17-14/h4-7,15H,8-9H2,1-3H3. The van der Waals surface area contributed by atoms with Gasteiger partial charge in [-0.15, -0.1) is 11.3 Å². The van der Waals surface area contributed by atoms with Crippen LogP contribution < -0.4 is 5.32 Å². The Morgan fingerprint density at radius 2 is 2.00 bits per heavy atom. The van der Waals surface area contributed by atoms with Crippen LogP contribution in [-0.4, -0.2) is 18.6 Å². The maximum absolute atomic E-state index is 4.64. The normalized spacial score (nSPS) is 10.8. The maximum atomic E-state index is 4.64. The molecule has 2 aromatic rings. The molecule has 0 radical (unpaired) electrons. The van der Waals surface area contributed by atoms with Crippen molar-refractivity contribution in [3.63, 3.8) is 0 Å². The van der Waals surface area contributed by atoms with Crippen LogP contribution in [0.3, 0.4) is 0 Å². The first kappa shape index (κ1) is 12.3. The van der Waals surface area contributed by atoms with Gasteiger partial charge < -0.3 is 5.32 Å². The monoisotopic (exact) mass is 246 g/mol. The van der Waals surface area contributed by atoms with Gasteiger partial charge in [0.25, 0.3) is 0 Å². The lowest BCUT2D eigenvalue weighted by Gasteiger charge is -2.05. The molecule has 3 heteroatoms. The molecule has 1 N–H and O–H groups in total. The van der Waals surface area contributed by atoms with Gasteiger partial charge in [-0.3, -0.25) is 0 Å². The summed E-state index contributed by atoms with van der Waals surface area (Å²) in [7, 11) is 1.98. The van der Waals surface area contributed by atoms with Crippen molar-refractivity contribution in [3.8, 4) is 10.4 Å². The maximum Gasteiger partial charge on any atom is 0.0903 e. The van der Waals surface area contributed by atoms with E-state index in [2.05, 4.69) is 48.4 Å². The third kappa shape index (κ3) is 2.73. The number of hydrogen-bond acceptors (Lipinski definition) is 3. The summed E-state index contributed by atoms with van der Waals surface area (Å²) in [6, 6.07) is 8.52. The zero-order valence-electron chi connectivity index (χ0n) is 10.6. The van der Waals surface area contributed by atoms with Gasteiger partial charge in [0.1, 0.15) is 0 Å². The summed E-state index contributed by atoms with van der Waals surface area (Å²) < 4.78 is 0. The smallest absolute Gasteiger partial charge is 0.0903 e. The van der Waals surface area contributed by atoms with Crippen molar-refractivity contribution in [2.24, 2.45) is 0 Å². The Labute approximate surface area is 107 Å². The molecule has 0 aliphatic carbocycles. The van der Waals surface area contributed by atoms with Crippen molar-refractivity contribution in [1.82, 2.24) is 10.3 Å². The van der Waals surface area contributed by atoms with Crippen molar-refractivity contribution in [2.75, 3.05) is 13.6 Å². The van der Waals surface area contributed by atoms with Crippen molar-refractivity contribution in [3.05, 3.63) is 40.5 Å². The van der Waals surface area contributed by atoms with Gasteiger partial charge in [-0.1, -0.05) is 24.3 Å². The Morgan fingerprint density at radius 1 is 1.24 bits per heavy atom. The Hall–Kier alpha value is -1.19. The second kappa shape index (κ2) is 5.43. The number of likely N-dealkylation sites (N-methyl/N-ethyl adjacent to an activating group) is 1. The Bertz CT molecular complexity index is 503. The second-order valence-electron chi connectivity index (χ2n) is 4.18. The Kier molecular flexibility index (Phi) is 3.92. The molecule has 0 saturated carbocycles. The Morgan fingerprint density at radius 3 is 2.71 bits per heavy atom. The van der Waals surface area contributed by atoms with Crippen molar-refractivity contribution in [2.45, 2.75) is 20.3 Å². The predicted molar refractivity (Wildman–Crippen MR) is 74.7 cm³/mol. The molecule has 17 heavy (non-hydrogen) atoms. The molecule has 2 nitrogen and oxygen atoms in total. The van der Waals surface area contributed by atoms with E-state index in [4.69, 9.17) is 0 Å². The zero-order valence-corrected chi connectivity index (χ0v) is 11.4. The molecule has 0 amide bonds. The minimum Gasteiger partial charge on any atom is -0.319 e. The number of aryl methyl sites for hydroxylation is 2. The molecule has 0 spiro atoms. The van der Waals surface area contributed by atoms with Gasteiger partial charge >= 0.3 is 0 Å². The number of hydrogen-bond donors (Lipinski definition) is 1. The van der Waals surface area contributed by atoms with Gasteiger partial charge in [-0.25, -0.2) is 4.98 Å². The second-order valence-corrected chi connectivity index (χ2v) is 5.38. The summed E-state index contributed by atoms with van der Waals surface area (Å²) in [5.74, 6) is 0. The summed E-state index contributed by atoms with van der Waals surface area (Å²) in [4.78, 5) is 5.97. The average molecular weight is 246 g/mol. The fourth-order valence-corrected chi connectivity index (χ4v) is 2.98. The van der Waals surface area contributed by atoms with Crippen LogP contribution in [0, 0.1) is 13.8 Å². The molecule has 2 rings (SSSR count). The third-order valence-corrected chi connectivity index (χ3v) is 3.85. The topological polar surface area (TPSA) is 24.9 Å². The first-order valence-corrected chi connectivity index (χ1v) is 6.71. The van der Waals surface area contributed by atoms with E-state index in [9.17, 15) is 0 Å². The summed E-state index contributed by atoms with van der Waals surface area (Å²) in [6.45, 7) is 5.21. The average Bonchev–Trinajstić information content (AvgIpc) is 2.68. The van der Waals surface area contributed by atoms with Gasteiger partial charge in [0.2, 0.25) is 0 Å². The molecule has 90 valence electrons. The highest BCUT2D eigenvalue weighted by Crippen LogP contribution is 2.32. The van der Waals surface area contributed by atoms with Crippen molar-refractivity contribution < 1.29 is 0 Å². The fourth-order valence-electron chi connectivity index (χ4n) is 1.92. The highest BCUT2D eigenvalue weighted by atomic mass is 32.1. The molecule has 0 aliphatic heterocycles. The number of benzene rings is 1. The minimum absolute atomic E-state index is 0.974. The molecule has 1 aromatic heterocycles. The molecule has 0 saturated heterocycles. The van der Waals surface area contributed by atoms with Crippen molar-refractivity contribution in [1.29, 1.82) is 0 Å². The highest BCUT2D eigenvalue weighted by Gasteiger charge is 2.12. The van der Waals surface area contributed by atoms with E-state index in [0.717, 1.165) is 18.0 Å². The number of nitrogens with one attached hydrogen (secondary N) is 1. The summed E-state index contributed by atoms with van der Waals surface area (Å²) >= 11 is 1.79. The summed E-state index contributed by atoms with van der Waals surface area (Å²) in [5, 5.41) is 4.33. The van der Waals surface area contributed by atoms with Gasteiger partial charge in [0, 0.05) is 13.0 Å². The van der Waals surface area contributed by atoms with Crippen LogP contribution in [0.1, 0.15) is 16.3 Å². The van der Waals surface area contributed by atoms with E-state index in [1.54, 1.807) is 11.3 Å². The van der Waals surface area contributed by atoms with Gasteiger partial charge in [-0.05, 0) is 32.0 Å². The third-order valence-electron chi connectivity index (χ3n) is 2.81. The highest BCUT2D eigenvalue weighted by molar-refractivity contribution is 7.15. The van der Waals surface area contributed by atoms with Gasteiger partial charge in [-0.2, -0.15) is 0 Å². The van der Waals surface area contributed by atoms with E-state index in [1.165, 1.54) is 21.7 Å². The lowest BCUT2D eigenvalue weighted by atomic mass is 10.1. The van der Waals surface area contributed by atoms with Crippen LogP contribution in [0.5, 0.6) is 0 Å². The number of thiazole rings is 1. The quantitative estimate of drug-likeness (QED) is 0.896. The molecule has 1 aromatic carbocycles. The van der Waals surface area contributed by atoms with Crippen LogP contribution in [0.2, 0.25) is 0 Å². The summed E-state index contributed by atoms with van der Waals surface area (Å²) in [6.07, 6.45) is 0.991. The van der Waals surface area contributed by atoms with E-state index >= 15 is 0 Å². The molecule has 0 unspecified atom stereocenters. The fraction of sp³-hybridized carbons (Fsp3) is 0.357. The zero-order chi connectivity index (χ0) is 12.3.